The number of aromatic nitrogens is 2. The Hall–Kier alpha value is -2.39. The Bertz CT molecular complexity index is 989. The highest BCUT2D eigenvalue weighted by Gasteiger charge is 2.29. The zero-order valence-corrected chi connectivity index (χ0v) is 21.9. The lowest BCUT2D eigenvalue weighted by Gasteiger charge is -2.21. The van der Waals surface area contributed by atoms with Gasteiger partial charge in [0, 0.05) is 50.7 Å². The van der Waals surface area contributed by atoms with Crippen LogP contribution >= 0.6 is 24.0 Å². The van der Waals surface area contributed by atoms with E-state index in [0.29, 0.717) is 18.6 Å². The zero-order chi connectivity index (χ0) is 22.2. The highest BCUT2D eigenvalue weighted by molar-refractivity contribution is 14.0. The molecule has 4 rings (SSSR count). The molecular weight excluding hydrogens is 523 g/mol. The molecule has 1 aliphatic rings. The van der Waals surface area contributed by atoms with Gasteiger partial charge < -0.3 is 15.2 Å². The van der Waals surface area contributed by atoms with E-state index in [1.165, 1.54) is 16.7 Å². The Morgan fingerprint density at radius 3 is 2.61 bits per heavy atom. The SMILES string of the molecule is CCNC(=NCc1cccc(Cn2ccnc2)c1)NC1CC(C)N(Cc2ccccc2)C1.I. The van der Waals surface area contributed by atoms with Crippen LogP contribution in [0.1, 0.15) is 37.0 Å². The first-order valence-corrected chi connectivity index (χ1v) is 11.6. The van der Waals surface area contributed by atoms with Crippen molar-refractivity contribution >= 4 is 29.9 Å². The number of benzene rings is 2. The van der Waals surface area contributed by atoms with Crippen molar-refractivity contribution in [3.8, 4) is 0 Å². The fourth-order valence-corrected chi connectivity index (χ4v) is 4.34. The van der Waals surface area contributed by atoms with E-state index in [2.05, 4.69) is 93.5 Å². The molecule has 2 unspecified atom stereocenters. The lowest BCUT2D eigenvalue weighted by Crippen LogP contribution is -2.44. The number of nitrogens with one attached hydrogen (secondary N) is 2. The molecule has 0 radical (unpaired) electrons. The van der Waals surface area contributed by atoms with Crippen LogP contribution in [0.3, 0.4) is 0 Å². The first-order chi connectivity index (χ1) is 15.7. The van der Waals surface area contributed by atoms with Gasteiger partial charge in [-0.1, -0.05) is 54.6 Å². The fourth-order valence-electron chi connectivity index (χ4n) is 4.34. The predicted molar refractivity (Wildman–Crippen MR) is 146 cm³/mol. The maximum Gasteiger partial charge on any atom is 0.191 e. The minimum Gasteiger partial charge on any atom is -0.357 e. The first-order valence-electron chi connectivity index (χ1n) is 11.6. The highest BCUT2D eigenvalue weighted by atomic mass is 127. The van der Waals surface area contributed by atoms with Crippen molar-refractivity contribution in [2.24, 2.45) is 4.99 Å². The van der Waals surface area contributed by atoms with Gasteiger partial charge in [0.05, 0.1) is 12.9 Å². The number of aliphatic imine (C=N–C) groups is 1. The Morgan fingerprint density at radius 2 is 1.85 bits per heavy atom. The van der Waals surface area contributed by atoms with Crippen LogP contribution in [0.15, 0.2) is 78.3 Å². The summed E-state index contributed by atoms with van der Waals surface area (Å²) >= 11 is 0. The van der Waals surface area contributed by atoms with Gasteiger partial charge in [-0.3, -0.25) is 4.90 Å². The van der Waals surface area contributed by atoms with Crippen molar-refractivity contribution in [2.75, 3.05) is 13.1 Å². The van der Waals surface area contributed by atoms with Crippen LogP contribution in [-0.4, -0.2) is 45.6 Å². The lowest BCUT2D eigenvalue weighted by atomic mass is 10.1. The normalized spacial score (nSPS) is 18.7. The molecule has 1 fully saturated rings. The van der Waals surface area contributed by atoms with Crippen molar-refractivity contribution in [1.82, 2.24) is 25.1 Å². The minimum atomic E-state index is 0. The third-order valence-corrected chi connectivity index (χ3v) is 5.95. The summed E-state index contributed by atoms with van der Waals surface area (Å²) in [6, 6.07) is 20.3. The lowest BCUT2D eigenvalue weighted by molar-refractivity contribution is 0.258. The molecule has 1 saturated heterocycles. The molecule has 33 heavy (non-hydrogen) atoms. The van der Waals surface area contributed by atoms with Gasteiger partial charge >= 0.3 is 0 Å². The van der Waals surface area contributed by atoms with Crippen LogP contribution < -0.4 is 10.6 Å². The molecule has 2 aromatic carbocycles. The number of hydrogen-bond donors (Lipinski definition) is 2. The molecule has 0 spiro atoms. The Morgan fingerprint density at radius 1 is 1.06 bits per heavy atom. The minimum absolute atomic E-state index is 0. The van der Waals surface area contributed by atoms with Gasteiger partial charge in [-0.2, -0.15) is 0 Å². The molecule has 2 atom stereocenters. The van der Waals surface area contributed by atoms with Gasteiger partial charge in [0.2, 0.25) is 0 Å². The van der Waals surface area contributed by atoms with Crippen molar-refractivity contribution in [1.29, 1.82) is 0 Å². The summed E-state index contributed by atoms with van der Waals surface area (Å²) in [7, 11) is 0. The average molecular weight is 559 g/mol. The number of nitrogens with zero attached hydrogens (tertiary/aromatic N) is 4. The van der Waals surface area contributed by atoms with E-state index >= 15 is 0 Å². The molecule has 0 bridgehead atoms. The van der Waals surface area contributed by atoms with Crippen molar-refractivity contribution in [3.05, 3.63) is 90.0 Å². The quantitative estimate of drug-likeness (QED) is 0.247. The van der Waals surface area contributed by atoms with E-state index in [9.17, 15) is 0 Å². The largest absolute Gasteiger partial charge is 0.357 e. The second kappa shape index (κ2) is 12.7. The second-order valence-corrected chi connectivity index (χ2v) is 8.59. The molecule has 7 heteroatoms. The summed E-state index contributed by atoms with van der Waals surface area (Å²) in [5, 5.41) is 7.09. The van der Waals surface area contributed by atoms with Crippen molar-refractivity contribution in [3.63, 3.8) is 0 Å². The summed E-state index contributed by atoms with van der Waals surface area (Å²) in [6.07, 6.45) is 6.77. The van der Waals surface area contributed by atoms with E-state index < -0.39 is 0 Å². The summed E-state index contributed by atoms with van der Waals surface area (Å²) < 4.78 is 2.08. The second-order valence-electron chi connectivity index (χ2n) is 8.59. The van der Waals surface area contributed by atoms with Crippen LogP contribution in [0.4, 0.5) is 0 Å². The summed E-state index contributed by atoms with van der Waals surface area (Å²) in [5.41, 5.74) is 3.84. The fraction of sp³-hybridized carbons (Fsp3) is 0.385. The van der Waals surface area contributed by atoms with Gasteiger partial charge in [-0.25, -0.2) is 9.98 Å². The van der Waals surface area contributed by atoms with Crippen LogP contribution in [0, 0.1) is 0 Å². The smallest absolute Gasteiger partial charge is 0.191 e. The van der Waals surface area contributed by atoms with Crippen LogP contribution in [0.5, 0.6) is 0 Å². The summed E-state index contributed by atoms with van der Waals surface area (Å²) in [6.45, 7) is 8.79. The number of imidazole rings is 1. The van der Waals surface area contributed by atoms with Crippen molar-refractivity contribution < 1.29 is 0 Å². The molecular formula is C26H35IN6. The number of rotatable bonds is 8. The van der Waals surface area contributed by atoms with Crippen molar-refractivity contribution in [2.45, 2.75) is 52.0 Å². The molecule has 0 amide bonds. The highest BCUT2D eigenvalue weighted by Crippen LogP contribution is 2.20. The molecule has 1 aliphatic heterocycles. The van der Waals surface area contributed by atoms with Crippen LogP contribution in [-0.2, 0) is 19.6 Å². The Labute approximate surface area is 214 Å². The third-order valence-electron chi connectivity index (χ3n) is 5.95. The van der Waals surface area contributed by atoms with E-state index in [-0.39, 0.29) is 24.0 Å². The third kappa shape index (κ3) is 7.57. The number of likely N-dealkylation sites (tertiary alicyclic amines) is 1. The molecule has 1 aromatic heterocycles. The molecule has 3 aromatic rings. The average Bonchev–Trinajstić information content (AvgIpc) is 3.43. The predicted octanol–water partition coefficient (Wildman–Crippen LogP) is 4.27. The summed E-state index contributed by atoms with van der Waals surface area (Å²) in [5.74, 6) is 0.895. The van der Waals surface area contributed by atoms with Gasteiger partial charge in [0.15, 0.2) is 5.96 Å². The topological polar surface area (TPSA) is 57.5 Å². The monoisotopic (exact) mass is 558 g/mol. The number of hydrogen-bond acceptors (Lipinski definition) is 3. The van der Waals surface area contributed by atoms with E-state index in [1.807, 2.05) is 18.7 Å². The van der Waals surface area contributed by atoms with Gasteiger partial charge in [-0.15, -0.1) is 24.0 Å². The number of halogens is 1. The van der Waals surface area contributed by atoms with Gasteiger partial charge in [0.25, 0.3) is 0 Å². The standard InChI is InChI=1S/C26H34N6.HI/c1-3-28-26(29-16-23-10-7-11-24(15-23)17-31-13-12-27-20-31)30-25-14-21(2)32(19-25)18-22-8-5-4-6-9-22;/h4-13,15,20-21,25H,3,14,16-19H2,1-2H3,(H2,28,29,30);1H. The molecule has 6 nitrogen and oxygen atoms in total. The van der Waals surface area contributed by atoms with Gasteiger partial charge in [0.1, 0.15) is 0 Å². The van der Waals surface area contributed by atoms with Crippen LogP contribution in [0.25, 0.3) is 0 Å². The summed E-state index contributed by atoms with van der Waals surface area (Å²) in [4.78, 5) is 11.6. The van der Waals surface area contributed by atoms with E-state index in [0.717, 1.165) is 38.6 Å². The van der Waals surface area contributed by atoms with E-state index in [4.69, 9.17) is 4.99 Å². The Balaban J connectivity index is 0.00000306. The Kier molecular flexibility index (Phi) is 9.75. The molecule has 2 N–H and O–H groups in total. The maximum absolute atomic E-state index is 4.88. The van der Waals surface area contributed by atoms with Gasteiger partial charge in [-0.05, 0) is 37.0 Å². The molecule has 0 saturated carbocycles. The number of guanidine groups is 1. The molecule has 0 aliphatic carbocycles. The molecule has 2 heterocycles. The van der Waals surface area contributed by atoms with Crippen LogP contribution in [0.2, 0.25) is 0 Å². The first kappa shape index (κ1) is 25.2. The van der Waals surface area contributed by atoms with E-state index in [1.54, 1.807) is 0 Å². The zero-order valence-electron chi connectivity index (χ0n) is 19.5. The maximum atomic E-state index is 4.88. The molecule has 176 valence electrons.